The smallest absolute Gasteiger partial charge is 0.257 e. The third-order valence-corrected chi connectivity index (χ3v) is 3.45. The number of methoxy groups -OCH3 is 1. The van der Waals surface area contributed by atoms with Gasteiger partial charge in [0.05, 0.1) is 29.9 Å². The lowest BCUT2D eigenvalue weighted by Gasteiger charge is -2.19. The van der Waals surface area contributed by atoms with Crippen LogP contribution >= 0.6 is 11.6 Å². The highest BCUT2D eigenvalue weighted by Gasteiger charge is 2.18. The fourth-order valence-electron chi connectivity index (χ4n) is 1.90. The predicted octanol–water partition coefficient (Wildman–Crippen LogP) is 1.90. The minimum absolute atomic E-state index is 0.180. The van der Waals surface area contributed by atoms with Crippen LogP contribution in [-0.4, -0.2) is 41.3 Å². The lowest BCUT2D eigenvalue weighted by atomic mass is 10.1. The first-order valence-corrected chi connectivity index (χ1v) is 6.76. The van der Waals surface area contributed by atoms with Gasteiger partial charge in [0.2, 0.25) is 0 Å². The summed E-state index contributed by atoms with van der Waals surface area (Å²) in [5.41, 5.74) is 6.48. The topological polar surface area (TPSA) is 73.4 Å². The van der Waals surface area contributed by atoms with Gasteiger partial charge in [0, 0.05) is 32.1 Å². The van der Waals surface area contributed by atoms with Crippen molar-refractivity contribution >= 4 is 23.2 Å². The Bertz CT molecular complexity index is 628. The van der Waals surface area contributed by atoms with E-state index in [-0.39, 0.29) is 5.91 Å². The van der Waals surface area contributed by atoms with Gasteiger partial charge in [-0.05, 0) is 12.1 Å². The second kappa shape index (κ2) is 6.49. The van der Waals surface area contributed by atoms with Crippen molar-refractivity contribution in [2.24, 2.45) is 0 Å². The average Bonchev–Trinajstić information content (AvgIpc) is 2.99. The van der Waals surface area contributed by atoms with Crippen LogP contribution in [0, 0.1) is 0 Å². The van der Waals surface area contributed by atoms with E-state index >= 15 is 0 Å². The number of amides is 1. The summed E-state index contributed by atoms with van der Waals surface area (Å²) in [5.74, 6) is 0.230. The molecular formula is C14H17ClN4O2. The number of nitrogens with zero attached hydrogens (tertiary/aromatic N) is 3. The molecular weight excluding hydrogens is 292 g/mol. The molecule has 7 heteroatoms. The number of benzene rings is 1. The summed E-state index contributed by atoms with van der Waals surface area (Å²) in [6.07, 6.45) is 3.55. The van der Waals surface area contributed by atoms with Crippen LogP contribution in [-0.2, 0) is 6.54 Å². The van der Waals surface area contributed by atoms with E-state index in [0.29, 0.717) is 35.1 Å². The molecule has 0 aliphatic heterocycles. The first-order chi connectivity index (χ1) is 10.0. The van der Waals surface area contributed by atoms with Crippen LogP contribution in [0.5, 0.6) is 5.75 Å². The number of aromatic nitrogens is 2. The van der Waals surface area contributed by atoms with E-state index in [9.17, 15) is 4.79 Å². The maximum atomic E-state index is 12.5. The summed E-state index contributed by atoms with van der Waals surface area (Å²) in [6, 6.07) is 4.92. The fraction of sp³-hybridized carbons (Fsp3) is 0.286. The number of rotatable bonds is 5. The van der Waals surface area contributed by atoms with Gasteiger partial charge in [0.25, 0.3) is 5.91 Å². The Balaban J connectivity index is 2.13. The second-order valence-corrected chi connectivity index (χ2v) is 4.98. The van der Waals surface area contributed by atoms with Crippen LogP contribution in [0.2, 0.25) is 5.02 Å². The van der Waals surface area contributed by atoms with Gasteiger partial charge in [-0.1, -0.05) is 11.6 Å². The summed E-state index contributed by atoms with van der Waals surface area (Å²) in [7, 11) is 3.21. The highest BCUT2D eigenvalue weighted by molar-refractivity contribution is 6.33. The van der Waals surface area contributed by atoms with Crippen molar-refractivity contribution in [2.45, 2.75) is 6.54 Å². The van der Waals surface area contributed by atoms with E-state index in [2.05, 4.69) is 5.10 Å². The minimum Gasteiger partial charge on any atom is -0.496 e. The molecule has 0 aliphatic carbocycles. The van der Waals surface area contributed by atoms with Crippen LogP contribution < -0.4 is 10.5 Å². The number of nitrogens with two attached hydrogens (primary N) is 1. The zero-order valence-corrected chi connectivity index (χ0v) is 12.7. The molecule has 0 atom stereocenters. The number of carbonyl (C=O) groups is 1. The number of anilines is 1. The molecule has 0 spiro atoms. The molecule has 0 fully saturated rings. The van der Waals surface area contributed by atoms with Gasteiger partial charge in [-0.3, -0.25) is 9.48 Å². The molecule has 21 heavy (non-hydrogen) atoms. The molecule has 2 N–H and O–H groups in total. The molecule has 112 valence electrons. The minimum atomic E-state index is -0.180. The van der Waals surface area contributed by atoms with Gasteiger partial charge in [-0.2, -0.15) is 5.10 Å². The highest BCUT2D eigenvalue weighted by Crippen LogP contribution is 2.29. The lowest BCUT2D eigenvalue weighted by molar-refractivity contribution is 0.0785. The number of likely N-dealkylation sites (N-methyl/N-ethyl adjacent to an activating group) is 1. The van der Waals surface area contributed by atoms with Crippen molar-refractivity contribution in [3.05, 3.63) is 41.2 Å². The number of ether oxygens (including phenoxy) is 1. The van der Waals surface area contributed by atoms with Crippen LogP contribution in [0.4, 0.5) is 5.69 Å². The first-order valence-electron chi connectivity index (χ1n) is 6.39. The molecule has 6 nitrogen and oxygen atoms in total. The quantitative estimate of drug-likeness (QED) is 0.856. The zero-order chi connectivity index (χ0) is 15.4. The van der Waals surface area contributed by atoms with Crippen LogP contribution in [0.1, 0.15) is 10.4 Å². The van der Waals surface area contributed by atoms with Crippen molar-refractivity contribution < 1.29 is 9.53 Å². The molecule has 1 aromatic carbocycles. The van der Waals surface area contributed by atoms with E-state index in [0.717, 1.165) is 0 Å². The molecule has 1 aromatic heterocycles. The molecule has 0 aliphatic rings. The summed E-state index contributed by atoms with van der Waals surface area (Å²) < 4.78 is 6.96. The second-order valence-electron chi connectivity index (χ2n) is 4.57. The number of hydrogen-bond acceptors (Lipinski definition) is 4. The maximum absolute atomic E-state index is 12.5. The van der Waals surface area contributed by atoms with E-state index in [1.54, 1.807) is 28.9 Å². The summed E-state index contributed by atoms with van der Waals surface area (Å²) in [4.78, 5) is 14.1. The molecule has 0 saturated carbocycles. The Labute approximate surface area is 128 Å². The molecule has 1 amide bonds. The largest absolute Gasteiger partial charge is 0.496 e. The van der Waals surface area contributed by atoms with Crippen molar-refractivity contribution in [3.63, 3.8) is 0 Å². The number of carbonyl (C=O) groups excluding carboxylic acids is 1. The molecule has 0 radical (unpaired) electrons. The van der Waals surface area contributed by atoms with E-state index in [1.165, 1.54) is 13.2 Å². The van der Waals surface area contributed by atoms with Gasteiger partial charge >= 0.3 is 0 Å². The van der Waals surface area contributed by atoms with Gasteiger partial charge in [0.15, 0.2) is 0 Å². The molecule has 2 rings (SSSR count). The highest BCUT2D eigenvalue weighted by atomic mass is 35.5. The Hall–Kier alpha value is -2.21. The zero-order valence-electron chi connectivity index (χ0n) is 11.9. The Morgan fingerprint density at radius 1 is 1.52 bits per heavy atom. The molecule has 0 saturated heterocycles. The molecule has 1 heterocycles. The average molecular weight is 309 g/mol. The van der Waals surface area contributed by atoms with E-state index < -0.39 is 0 Å². The van der Waals surface area contributed by atoms with Gasteiger partial charge in [-0.25, -0.2) is 0 Å². The molecule has 0 unspecified atom stereocenters. The first kappa shape index (κ1) is 15.2. The van der Waals surface area contributed by atoms with Crippen molar-refractivity contribution in [1.82, 2.24) is 14.7 Å². The Kier molecular flexibility index (Phi) is 4.70. The van der Waals surface area contributed by atoms with Crippen LogP contribution in [0.3, 0.4) is 0 Å². The third kappa shape index (κ3) is 3.46. The van der Waals surface area contributed by atoms with Gasteiger partial charge in [0.1, 0.15) is 5.75 Å². The maximum Gasteiger partial charge on any atom is 0.257 e. The SMILES string of the molecule is COc1cc(N)c(Cl)cc1C(=O)N(C)CCn1cccn1. The van der Waals surface area contributed by atoms with Gasteiger partial charge < -0.3 is 15.4 Å². The number of nitrogen functional groups attached to an aromatic ring is 1. The third-order valence-electron chi connectivity index (χ3n) is 3.12. The molecule has 2 aromatic rings. The predicted molar refractivity (Wildman–Crippen MR) is 81.6 cm³/mol. The van der Waals surface area contributed by atoms with Crippen molar-refractivity contribution in [3.8, 4) is 5.75 Å². The van der Waals surface area contributed by atoms with Gasteiger partial charge in [-0.15, -0.1) is 0 Å². The lowest BCUT2D eigenvalue weighted by Crippen LogP contribution is -2.30. The molecule has 0 bridgehead atoms. The summed E-state index contributed by atoms with van der Waals surface area (Å²) in [5, 5.41) is 4.43. The van der Waals surface area contributed by atoms with Crippen LogP contribution in [0.15, 0.2) is 30.6 Å². The summed E-state index contributed by atoms with van der Waals surface area (Å²) >= 11 is 5.98. The number of halogens is 1. The fourth-order valence-corrected chi connectivity index (χ4v) is 2.06. The Morgan fingerprint density at radius 2 is 2.29 bits per heavy atom. The van der Waals surface area contributed by atoms with Crippen molar-refractivity contribution in [2.75, 3.05) is 26.4 Å². The number of hydrogen-bond donors (Lipinski definition) is 1. The van der Waals surface area contributed by atoms with Crippen LogP contribution in [0.25, 0.3) is 0 Å². The monoisotopic (exact) mass is 308 g/mol. The van der Waals surface area contributed by atoms with Crippen molar-refractivity contribution in [1.29, 1.82) is 0 Å². The standard InChI is InChI=1S/C14H17ClN4O2/c1-18(6-7-19-5-3-4-17-19)14(20)10-8-11(15)12(16)9-13(10)21-2/h3-5,8-9H,6-7,16H2,1-2H3. The Morgan fingerprint density at radius 3 is 2.90 bits per heavy atom. The van der Waals surface area contributed by atoms with E-state index in [4.69, 9.17) is 22.1 Å². The summed E-state index contributed by atoms with van der Waals surface area (Å²) in [6.45, 7) is 1.13. The normalized spacial score (nSPS) is 10.4. The van der Waals surface area contributed by atoms with E-state index in [1.807, 2.05) is 12.3 Å².